The third-order valence-electron chi connectivity index (χ3n) is 5.46. The smallest absolute Gasteiger partial charge is 0.343 e. The average molecular weight is 356 g/mol. The van der Waals surface area contributed by atoms with Crippen molar-refractivity contribution in [1.82, 2.24) is 9.55 Å². The highest BCUT2D eigenvalue weighted by atomic mass is 16.5. The normalized spacial score (nSPS) is 18.1. The van der Waals surface area contributed by atoms with Crippen molar-refractivity contribution < 1.29 is 14.6 Å². The largest absolute Gasteiger partial charge is 0.461 e. The van der Waals surface area contributed by atoms with Gasteiger partial charge in [-0.05, 0) is 25.3 Å². The molecule has 0 spiro atoms. The Morgan fingerprint density at radius 2 is 1.92 bits per heavy atom. The molecule has 0 bridgehead atoms. The number of hydrogen-bond donors (Lipinski definition) is 1. The van der Waals surface area contributed by atoms with Crippen LogP contribution in [0.5, 0.6) is 0 Å². The molecule has 140 valence electrons. The molecule has 3 rings (SSSR count). The van der Waals surface area contributed by atoms with Gasteiger partial charge in [0.2, 0.25) is 0 Å². The van der Waals surface area contributed by atoms with Crippen molar-refractivity contribution >= 4 is 5.97 Å². The van der Waals surface area contributed by atoms with Gasteiger partial charge < -0.3 is 14.4 Å². The number of benzene rings is 1. The third-order valence-corrected chi connectivity index (χ3v) is 5.46. The molecule has 1 atom stereocenters. The topological polar surface area (TPSA) is 64.4 Å². The molecular formula is C21H28N2O3. The van der Waals surface area contributed by atoms with E-state index in [1.54, 1.807) is 6.20 Å². The number of esters is 1. The molecular weight excluding hydrogens is 328 g/mol. The molecule has 1 aliphatic carbocycles. The SMILES string of the molecule is Cc1nccn1CCOC(=O)C(O)(c1ccccc1)C1CCCCCC1. The fourth-order valence-electron chi connectivity index (χ4n) is 3.90. The maximum absolute atomic E-state index is 13.0. The van der Waals surface area contributed by atoms with E-state index in [0.29, 0.717) is 12.1 Å². The Labute approximate surface area is 155 Å². The van der Waals surface area contributed by atoms with Crippen LogP contribution in [0.2, 0.25) is 0 Å². The van der Waals surface area contributed by atoms with Crippen molar-refractivity contribution in [1.29, 1.82) is 0 Å². The van der Waals surface area contributed by atoms with Crippen LogP contribution < -0.4 is 0 Å². The summed E-state index contributed by atoms with van der Waals surface area (Å²) in [7, 11) is 0. The molecule has 5 nitrogen and oxygen atoms in total. The predicted molar refractivity (Wildman–Crippen MR) is 99.5 cm³/mol. The lowest BCUT2D eigenvalue weighted by atomic mass is 9.77. The van der Waals surface area contributed by atoms with Gasteiger partial charge in [0.1, 0.15) is 12.4 Å². The van der Waals surface area contributed by atoms with Crippen molar-refractivity contribution in [3.8, 4) is 0 Å². The number of aromatic nitrogens is 2. The van der Waals surface area contributed by atoms with Gasteiger partial charge >= 0.3 is 5.97 Å². The Hall–Kier alpha value is -2.14. The zero-order chi connectivity index (χ0) is 18.4. The van der Waals surface area contributed by atoms with E-state index in [-0.39, 0.29) is 12.5 Å². The summed E-state index contributed by atoms with van der Waals surface area (Å²) >= 11 is 0. The van der Waals surface area contributed by atoms with Crippen LogP contribution in [0.3, 0.4) is 0 Å². The highest BCUT2D eigenvalue weighted by molar-refractivity contribution is 5.81. The van der Waals surface area contributed by atoms with E-state index in [0.717, 1.165) is 44.3 Å². The molecule has 5 heteroatoms. The quantitative estimate of drug-likeness (QED) is 0.634. The van der Waals surface area contributed by atoms with E-state index >= 15 is 0 Å². The van der Waals surface area contributed by atoms with Crippen LogP contribution in [0.25, 0.3) is 0 Å². The van der Waals surface area contributed by atoms with Crippen LogP contribution in [0.15, 0.2) is 42.7 Å². The average Bonchev–Trinajstić information content (AvgIpc) is 2.90. The van der Waals surface area contributed by atoms with Gasteiger partial charge in [-0.2, -0.15) is 0 Å². The fourth-order valence-corrected chi connectivity index (χ4v) is 3.90. The molecule has 1 unspecified atom stereocenters. The zero-order valence-corrected chi connectivity index (χ0v) is 15.4. The van der Waals surface area contributed by atoms with Crippen LogP contribution in [0.1, 0.15) is 49.9 Å². The lowest BCUT2D eigenvalue weighted by Gasteiger charge is -2.34. The monoisotopic (exact) mass is 356 g/mol. The number of aliphatic hydroxyl groups is 1. The van der Waals surface area contributed by atoms with E-state index in [4.69, 9.17) is 4.74 Å². The summed E-state index contributed by atoms with van der Waals surface area (Å²) < 4.78 is 7.48. The van der Waals surface area contributed by atoms with Gasteiger partial charge in [0.25, 0.3) is 0 Å². The first-order chi connectivity index (χ1) is 12.6. The van der Waals surface area contributed by atoms with E-state index in [1.165, 1.54) is 0 Å². The molecule has 0 aliphatic heterocycles. The number of carbonyl (C=O) groups is 1. The number of ether oxygens (including phenoxy) is 1. The first-order valence-electron chi connectivity index (χ1n) is 9.55. The second kappa shape index (κ2) is 8.49. The zero-order valence-electron chi connectivity index (χ0n) is 15.4. The Kier molecular flexibility index (Phi) is 6.09. The van der Waals surface area contributed by atoms with E-state index in [9.17, 15) is 9.90 Å². The van der Waals surface area contributed by atoms with E-state index in [2.05, 4.69) is 4.98 Å². The molecule has 1 aromatic carbocycles. The highest BCUT2D eigenvalue weighted by Gasteiger charge is 2.46. The molecule has 0 amide bonds. The maximum Gasteiger partial charge on any atom is 0.343 e. The molecule has 0 radical (unpaired) electrons. The van der Waals surface area contributed by atoms with Gasteiger partial charge in [0.15, 0.2) is 5.60 Å². The van der Waals surface area contributed by atoms with E-state index < -0.39 is 11.6 Å². The summed E-state index contributed by atoms with van der Waals surface area (Å²) in [6.07, 6.45) is 9.69. The van der Waals surface area contributed by atoms with Gasteiger partial charge in [-0.3, -0.25) is 0 Å². The highest BCUT2D eigenvalue weighted by Crippen LogP contribution is 2.39. The lowest BCUT2D eigenvalue weighted by molar-refractivity contribution is -0.175. The van der Waals surface area contributed by atoms with Crippen LogP contribution in [0, 0.1) is 12.8 Å². The summed E-state index contributed by atoms with van der Waals surface area (Å²) in [5.74, 6) is 0.242. The minimum absolute atomic E-state index is 0.102. The van der Waals surface area contributed by atoms with Crippen molar-refractivity contribution in [3.05, 3.63) is 54.1 Å². The molecule has 1 aromatic heterocycles. The van der Waals surface area contributed by atoms with Crippen LogP contribution in [0.4, 0.5) is 0 Å². The molecule has 26 heavy (non-hydrogen) atoms. The standard InChI is InChI=1S/C21H28N2O3/c1-17-22-13-14-23(17)15-16-26-20(24)21(25,19-11-7-4-8-12-19)18-9-5-2-3-6-10-18/h4,7-8,11-14,18,25H,2-3,5-6,9-10,15-16H2,1H3. The van der Waals surface area contributed by atoms with Crippen LogP contribution in [-0.4, -0.2) is 27.2 Å². The summed E-state index contributed by atoms with van der Waals surface area (Å²) in [5, 5.41) is 11.5. The maximum atomic E-state index is 13.0. The molecule has 1 aliphatic rings. The third kappa shape index (κ3) is 3.98. The van der Waals surface area contributed by atoms with Crippen LogP contribution in [-0.2, 0) is 21.7 Å². The van der Waals surface area contributed by atoms with Gasteiger partial charge in [-0.15, -0.1) is 0 Å². The first kappa shape index (κ1) is 18.6. The molecule has 1 heterocycles. The Bertz CT molecular complexity index is 705. The second-order valence-corrected chi connectivity index (χ2v) is 7.12. The number of rotatable bonds is 6. The first-order valence-corrected chi connectivity index (χ1v) is 9.55. The molecule has 1 fully saturated rings. The van der Waals surface area contributed by atoms with Crippen molar-refractivity contribution in [2.75, 3.05) is 6.61 Å². The lowest BCUT2D eigenvalue weighted by Crippen LogP contribution is -2.44. The van der Waals surface area contributed by atoms with Gasteiger partial charge in [-0.1, -0.05) is 56.0 Å². The molecule has 0 saturated heterocycles. The van der Waals surface area contributed by atoms with Crippen molar-refractivity contribution in [2.24, 2.45) is 5.92 Å². The van der Waals surface area contributed by atoms with Crippen LogP contribution >= 0.6 is 0 Å². The minimum atomic E-state index is -1.57. The second-order valence-electron chi connectivity index (χ2n) is 7.12. The number of hydrogen-bond acceptors (Lipinski definition) is 4. The van der Waals surface area contributed by atoms with Gasteiger partial charge in [0, 0.05) is 18.3 Å². The number of nitrogens with zero attached hydrogens (tertiary/aromatic N) is 2. The minimum Gasteiger partial charge on any atom is -0.461 e. The number of carbonyl (C=O) groups excluding carboxylic acids is 1. The summed E-state index contributed by atoms with van der Waals surface area (Å²) in [5.41, 5.74) is -0.939. The van der Waals surface area contributed by atoms with E-state index in [1.807, 2.05) is 48.0 Å². The summed E-state index contributed by atoms with van der Waals surface area (Å²) in [4.78, 5) is 17.2. The number of aryl methyl sites for hydroxylation is 1. The molecule has 1 saturated carbocycles. The Morgan fingerprint density at radius 3 is 2.54 bits per heavy atom. The van der Waals surface area contributed by atoms with Gasteiger partial charge in [-0.25, -0.2) is 9.78 Å². The Morgan fingerprint density at radius 1 is 1.23 bits per heavy atom. The van der Waals surface area contributed by atoms with Gasteiger partial charge in [0.05, 0.1) is 6.54 Å². The van der Waals surface area contributed by atoms with Crippen molar-refractivity contribution in [2.45, 2.75) is 57.6 Å². The molecule has 2 aromatic rings. The summed E-state index contributed by atoms with van der Waals surface area (Å²) in [6, 6.07) is 9.26. The number of imidazole rings is 1. The summed E-state index contributed by atoms with van der Waals surface area (Å²) in [6.45, 7) is 2.67. The molecule has 1 N–H and O–H groups in total. The Balaban J connectivity index is 1.76. The fraction of sp³-hybridized carbons (Fsp3) is 0.524. The van der Waals surface area contributed by atoms with Crippen molar-refractivity contribution in [3.63, 3.8) is 0 Å². The predicted octanol–water partition coefficient (Wildman–Crippen LogP) is 3.59.